The van der Waals surface area contributed by atoms with Crippen molar-refractivity contribution in [2.75, 3.05) is 6.61 Å². The molecule has 0 saturated carbocycles. The van der Waals surface area contributed by atoms with Crippen molar-refractivity contribution in [1.29, 1.82) is 0 Å². The molecule has 0 aliphatic rings. The predicted molar refractivity (Wildman–Crippen MR) is 114 cm³/mol. The van der Waals surface area contributed by atoms with Gasteiger partial charge in [0.25, 0.3) is 0 Å². The van der Waals surface area contributed by atoms with E-state index in [4.69, 9.17) is 4.74 Å². The number of hydrogen-bond acceptors (Lipinski definition) is 3. The molecule has 0 radical (unpaired) electrons. The Morgan fingerprint density at radius 1 is 0.964 bits per heavy atom. The summed E-state index contributed by atoms with van der Waals surface area (Å²) in [6.07, 6.45) is 0. The van der Waals surface area contributed by atoms with Gasteiger partial charge in [0.2, 0.25) is 0 Å². The first kappa shape index (κ1) is 21.9. The zero-order valence-electron chi connectivity index (χ0n) is 18.1. The Balaban J connectivity index is 2.50. The normalized spacial score (nSPS) is 12.7. The van der Waals surface area contributed by atoms with Crippen LogP contribution in [0.15, 0.2) is 42.5 Å². The third kappa shape index (κ3) is 5.09. The maximum absolute atomic E-state index is 13.5. The third-order valence-electron chi connectivity index (χ3n) is 4.83. The van der Waals surface area contributed by atoms with Crippen LogP contribution < -0.4 is 0 Å². The largest absolute Gasteiger partial charge is 0.465 e. The number of ether oxygens (including phenoxy) is 1. The van der Waals surface area contributed by atoms with Gasteiger partial charge in [0.05, 0.1) is 6.61 Å². The van der Waals surface area contributed by atoms with Gasteiger partial charge in [-0.05, 0) is 47.4 Å². The topological polar surface area (TPSA) is 43.4 Å². The third-order valence-corrected chi connectivity index (χ3v) is 4.83. The highest BCUT2D eigenvalue weighted by atomic mass is 16.5. The second-order valence-corrected chi connectivity index (χ2v) is 8.97. The molecule has 0 saturated heterocycles. The number of benzene rings is 2. The number of ketones is 1. The molecule has 28 heavy (non-hydrogen) atoms. The van der Waals surface area contributed by atoms with E-state index >= 15 is 0 Å². The summed E-state index contributed by atoms with van der Waals surface area (Å²) in [6, 6.07) is 13.3. The van der Waals surface area contributed by atoms with Gasteiger partial charge in [-0.1, -0.05) is 77.1 Å². The van der Waals surface area contributed by atoms with E-state index < -0.39 is 11.9 Å². The first-order chi connectivity index (χ1) is 13.0. The lowest BCUT2D eigenvalue weighted by molar-refractivity contribution is -0.145. The summed E-state index contributed by atoms with van der Waals surface area (Å²) in [6.45, 7) is 14.6. The molecule has 1 atom stereocenters. The van der Waals surface area contributed by atoms with Crippen LogP contribution >= 0.6 is 0 Å². The summed E-state index contributed by atoms with van der Waals surface area (Å²) in [7, 11) is 0. The smallest absolute Gasteiger partial charge is 0.321 e. The first-order valence-electron chi connectivity index (χ1n) is 9.90. The van der Waals surface area contributed by atoms with Gasteiger partial charge in [0.1, 0.15) is 5.92 Å². The van der Waals surface area contributed by atoms with E-state index in [0.29, 0.717) is 17.7 Å². The highest BCUT2D eigenvalue weighted by Gasteiger charge is 2.33. The van der Waals surface area contributed by atoms with Gasteiger partial charge in [-0.3, -0.25) is 9.59 Å². The number of aryl methyl sites for hydroxylation is 2. The highest BCUT2D eigenvalue weighted by Crippen LogP contribution is 2.31. The van der Waals surface area contributed by atoms with E-state index in [-0.39, 0.29) is 17.1 Å². The van der Waals surface area contributed by atoms with E-state index in [1.54, 1.807) is 0 Å². The molecule has 0 aromatic heterocycles. The zero-order chi connectivity index (χ0) is 21.1. The lowest BCUT2D eigenvalue weighted by Crippen LogP contribution is -2.27. The molecule has 2 rings (SSSR count). The summed E-state index contributed by atoms with van der Waals surface area (Å²) in [4.78, 5) is 26.4. The summed E-state index contributed by atoms with van der Waals surface area (Å²) >= 11 is 0. The lowest BCUT2D eigenvalue weighted by atomic mass is 9.81. The average Bonchev–Trinajstić information content (AvgIpc) is 2.59. The van der Waals surface area contributed by atoms with Crippen molar-refractivity contribution in [3.63, 3.8) is 0 Å². The molecule has 0 amide bonds. The zero-order valence-corrected chi connectivity index (χ0v) is 18.1. The SMILES string of the molecule is Cc1cc(C(C)(C)C)cc(C)c1C(=O)C(C(=O)OCC(C)C)c1ccccc1. The number of Topliss-reactive ketones (excluding diaryl/α,β-unsaturated/α-hetero) is 1. The molecular formula is C25H32O3. The minimum Gasteiger partial charge on any atom is -0.465 e. The number of hydrogen-bond donors (Lipinski definition) is 0. The molecule has 3 nitrogen and oxygen atoms in total. The summed E-state index contributed by atoms with van der Waals surface area (Å²) in [5.41, 5.74) is 4.24. The fourth-order valence-electron chi connectivity index (χ4n) is 3.30. The maximum Gasteiger partial charge on any atom is 0.321 e. The van der Waals surface area contributed by atoms with Crippen molar-refractivity contribution in [2.24, 2.45) is 5.92 Å². The van der Waals surface area contributed by atoms with Crippen LogP contribution in [0.25, 0.3) is 0 Å². The Hall–Kier alpha value is -2.42. The molecule has 2 aromatic carbocycles. The Kier molecular flexibility index (Phi) is 6.82. The molecular weight excluding hydrogens is 348 g/mol. The number of rotatable bonds is 6. The molecule has 1 unspecified atom stereocenters. The quantitative estimate of drug-likeness (QED) is 0.363. The second kappa shape index (κ2) is 8.72. The van der Waals surface area contributed by atoms with E-state index in [9.17, 15) is 9.59 Å². The molecule has 0 aliphatic carbocycles. The van der Waals surface area contributed by atoms with Gasteiger partial charge < -0.3 is 4.74 Å². The van der Waals surface area contributed by atoms with Gasteiger partial charge in [0, 0.05) is 5.56 Å². The molecule has 0 heterocycles. The monoisotopic (exact) mass is 380 g/mol. The Labute approximate surface area is 169 Å². The van der Waals surface area contributed by atoms with Crippen LogP contribution in [0.2, 0.25) is 0 Å². The molecule has 2 aromatic rings. The van der Waals surface area contributed by atoms with Crippen LogP contribution in [0.1, 0.15) is 73.1 Å². The minimum absolute atomic E-state index is 0.00781. The lowest BCUT2D eigenvalue weighted by Gasteiger charge is -2.23. The Morgan fingerprint density at radius 3 is 1.96 bits per heavy atom. The average molecular weight is 381 g/mol. The first-order valence-corrected chi connectivity index (χ1v) is 9.90. The van der Waals surface area contributed by atoms with Crippen molar-refractivity contribution in [2.45, 2.75) is 59.8 Å². The van der Waals surface area contributed by atoms with Crippen molar-refractivity contribution in [3.05, 3.63) is 70.3 Å². The maximum atomic E-state index is 13.5. The number of esters is 1. The van der Waals surface area contributed by atoms with Gasteiger partial charge in [-0.2, -0.15) is 0 Å². The Morgan fingerprint density at radius 2 is 1.50 bits per heavy atom. The van der Waals surface area contributed by atoms with E-state index in [1.807, 2.05) is 58.0 Å². The van der Waals surface area contributed by atoms with Gasteiger partial charge in [0.15, 0.2) is 5.78 Å². The van der Waals surface area contributed by atoms with Crippen LogP contribution in [-0.4, -0.2) is 18.4 Å². The van der Waals surface area contributed by atoms with Crippen molar-refractivity contribution < 1.29 is 14.3 Å². The van der Waals surface area contributed by atoms with Gasteiger partial charge >= 0.3 is 5.97 Å². The molecule has 150 valence electrons. The molecule has 0 fully saturated rings. The molecule has 0 aliphatic heterocycles. The van der Waals surface area contributed by atoms with Crippen LogP contribution in [0, 0.1) is 19.8 Å². The number of carbonyl (C=O) groups excluding carboxylic acids is 2. The molecule has 3 heteroatoms. The summed E-state index contributed by atoms with van der Waals surface area (Å²) in [5, 5.41) is 0. The fraction of sp³-hybridized carbons (Fsp3) is 0.440. The fourth-order valence-corrected chi connectivity index (χ4v) is 3.30. The van der Waals surface area contributed by atoms with Crippen molar-refractivity contribution in [3.8, 4) is 0 Å². The van der Waals surface area contributed by atoms with Crippen LogP contribution in [0.3, 0.4) is 0 Å². The highest BCUT2D eigenvalue weighted by molar-refractivity contribution is 6.14. The van der Waals surface area contributed by atoms with Gasteiger partial charge in [-0.15, -0.1) is 0 Å². The van der Waals surface area contributed by atoms with Crippen LogP contribution in [0.4, 0.5) is 0 Å². The van der Waals surface area contributed by atoms with Crippen molar-refractivity contribution >= 4 is 11.8 Å². The van der Waals surface area contributed by atoms with Crippen LogP contribution in [-0.2, 0) is 14.9 Å². The minimum atomic E-state index is -0.946. The van der Waals surface area contributed by atoms with Crippen LogP contribution in [0.5, 0.6) is 0 Å². The van der Waals surface area contributed by atoms with E-state index in [2.05, 4.69) is 32.9 Å². The summed E-state index contributed by atoms with van der Waals surface area (Å²) < 4.78 is 5.46. The summed E-state index contributed by atoms with van der Waals surface area (Å²) in [5.74, 6) is -1.41. The Bertz CT molecular complexity index is 819. The van der Waals surface area contributed by atoms with Gasteiger partial charge in [-0.25, -0.2) is 0 Å². The number of carbonyl (C=O) groups is 2. The molecule has 0 N–H and O–H groups in total. The second-order valence-electron chi connectivity index (χ2n) is 8.97. The van der Waals surface area contributed by atoms with E-state index in [0.717, 1.165) is 11.1 Å². The standard InChI is InChI=1S/C25H32O3/c1-16(2)15-28-24(27)22(19-11-9-8-10-12-19)23(26)21-17(3)13-20(14-18(21)4)25(5,6)7/h8-14,16,22H,15H2,1-7H3. The predicted octanol–water partition coefficient (Wildman–Crippen LogP) is 5.77. The molecule has 0 bridgehead atoms. The van der Waals surface area contributed by atoms with E-state index in [1.165, 1.54) is 5.56 Å². The van der Waals surface area contributed by atoms with Crippen molar-refractivity contribution in [1.82, 2.24) is 0 Å². The molecule has 0 spiro atoms.